The van der Waals surface area contributed by atoms with Crippen LogP contribution in [0.3, 0.4) is 0 Å². The fourth-order valence-corrected chi connectivity index (χ4v) is 0.0340. The van der Waals surface area contributed by atoms with Crippen LogP contribution in [-0.2, 0) is 0 Å². The molecule has 0 heterocycles. The van der Waals surface area contributed by atoms with Gasteiger partial charge >= 0.3 is 0 Å². The summed E-state index contributed by atoms with van der Waals surface area (Å²) in [6, 6.07) is 0. The third-order valence-electron chi connectivity index (χ3n) is 0.142. The van der Waals surface area contributed by atoms with Gasteiger partial charge in [-0.3, -0.25) is 0 Å². The Morgan fingerprint density at radius 2 is 2.60 bits per heavy atom. The number of hydrogen-bond acceptors (Lipinski definition) is 1. The van der Waals surface area contributed by atoms with E-state index in [9.17, 15) is 0 Å². The van der Waals surface area contributed by atoms with Crippen LogP contribution in [0.5, 0.6) is 0 Å². The van der Waals surface area contributed by atoms with Crippen molar-refractivity contribution in [2.45, 2.75) is 0 Å². The van der Waals surface area contributed by atoms with Crippen LogP contribution in [0.15, 0.2) is 6.26 Å². The van der Waals surface area contributed by atoms with Crippen molar-refractivity contribution in [3.05, 3.63) is 12.3 Å². The molecule has 5 heavy (non-hydrogen) atoms. The predicted octanol–water partition coefficient (Wildman–Crippen LogP) is -0.703. The maximum atomic E-state index is 9.15. The number of allylic oxidation sites excluding steroid dienone is 1. The minimum atomic E-state index is 0.444. The van der Waals surface area contributed by atoms with Gasteiger partial charge in [0.15, 0.2) is 0 Å². The van der Waals surface area contributed by atoms with E-state index >= 15 is 0 Å². The summed E-state index contributed by atoms with van der Waals surface area (Å²) in [6.45, 7) is 0. The number of hydrogen-bond donors (Lipinski definition) is 0. The average Bonchev–Trinajstić information content (AvgIpc) is 1.41. The Hall–Kier alpha value is -0.990. The van der Waals surface area contributed by atoms with Gasteiger partial charge in [-0.1, -0.05) is 0 Å². The first kappa shape index (κ1) is 4.01. The Bertz CT molecular complexity index is 66.2. The average molecular weight is 66.1 g/mol. The molecule has 0 saturated heterocycles. The lowest BCUT2D eigenvalue weighted by Crippen LogP contribution is -1.82. The summed E-state index contributed by atoms with van der Waals surface area (Å²) >= 11 is 0. The summed E-state index contributed by atoms with van der Waals surface area (Å²) in [4.78, 5) is 0. The van der Waals surface area contributed by atoms with Gasteiger partial charge in [0.05, 0.1) is 0 Å². The second-order valence-electron chi connectivity index (χ2n) is 0.407. The zero-order valence-electron chi connectivity index (χ0n) is 2.56. The van der Waals surface area contributed by atoms with Crippen LogP contribution in [0.25, 0.3) is 0 Å². The van der Waals surface area contributed by atoms with Gasteiger partial charge < -0.3 is 5.11 Å². The summed E-state index contributed by atoms with van der Waals surface area (Å²) in [6.07, 6.45) is 6.95. The van der Waals surface area contributed by atoms with E-state index in [1.54, 1.807) is 0 Å². The van der Waals surface area contributed by atoms with Gasteiger partial charge in [-0.15, -0.1) is 0 Å². The van der Waals surface area contributed by atoms with Crippen LogP contribution in [0.4, 0.5) is 0 Å². The maximum absolute atomic E-state index is 9.15. The smallest absolute Gasteiger partial charge is 0.211 e. The first-order valence-corrected chi connectivity index (χ1v) is 1.06. The van der Waals surface area contributed by atoms with Crippen molar-refractivity contribution < 1.29 is 5.11 Å². The lowest BCUT2D eigenvalue weighted by atomic mass is 10.7. The monoisotopic (exact) mass is 66.0 g/mol. The Kier molecular flexibility index (Phi) is 2.41. The first-order valence-electron chi connectivity index (χ1n) is 1.06. The van der Waals surface area contributed by atoms with Crippen molar-refractivity contribution in [2.75, 3.05) is 0 Å². The molecule has 0 fully saturated rings. The van der Waals surface area contributed by atoms with Crippen molar-refractivity contribution >= 4 is 0 Å². The summed E-state index contributed by atoms with van der Waals surface area (Å²) in [7, 11) is 0. The SMILES string of the molecule is C#C[C+]=C[O-]. The Labute approximate surface area is 30.9 Å². The highest BCUT2D eigenvalue weighted by molar-refractivity contribution is 4.96. The zero-order valence-corrected chi connectivity index (χ0v) is 2.56. The van der Waals surface area contributed by atoms with Crippen LogP contribution in [0, 0.1) is 18.4 Å². The first-order chi connectivity index (χ1) is 2.41. The van der Waals surface area contributed by atoms with Crippen LogP contribution < -0.4 is 5.11 Å². The molecule has 0 aliphatic carbocycles. The molecular weight excluding hydrogens is 64.0 g/mol. The second kappa shape index (κ2) is 3.01. The van der Waals surface area contributed by atoms with Crippen molar-refractivity contribution in [3.63, 3.8) is 0 Å². The van der Waals surface area contributed by atoms with Gasteiger partial charge in [-0.25, -0.2) is 0 Å². The molecule has 0 amide bonds. The Morgan fingerprint density at radius 1 is 2.00 bits per heavy atom. The van der Waals surface area contributed by atoms with Crippen molar-refractivity contribution in [1.29, 1.82) is 0 Å². The lowest BCUT2D eigenvalue weighted by Gasteiger charge is -1.65. The quantitative estimate of drug-likeness (QED) is 0.208. The summed E-state index contributed by atoms with van der Waals surface area (Å²) in [5.41, 5.74) is 0. The molecule has 1 nitrogen and oxygen atoms in total. The third-order valence-corrected chi connectivity index (χ3v) is 0.142. The topological polar surface area (TPSA) is 23.1 Å². The largest absolute Gasteiger partial charge is 0.855 e. The van der Waals surface area contributed by atoms with Crippen molar-refractivity contribution in [3.8, 4) is 12.3 Å². The van der Waals surface area contributed by atoms with Crippen LogP contribution >= 0.6 is 0 Å². The minimum absolute atomic E-state index is 0.444. The van der Waals surface area contributed by atoms with Gasteiger partial charge in [-0.2, -0.15) is 0 Å². The highest BCUT2D eigenvalue weighted by atomic mass is 16.2. The molecule has 0 bridgehead atoms. The molecule has 24 valence electrons. The van der Waals surface area contributed by atoms with E-state index in [4.69, 9.17) is 5.11 Å². The van der Waals surface area contributed by atoms with E-state index < -0.39 is 0 Å². The standard InChI is InChI=1S/C4H2O/c1-2-3-4-5/h1,4H. The van der Waals surface area contributed by atoms with Crippen molar-refractivity contribution in [2.24, 2.45) is 0 Å². The molecule has 0 aromatic heterocycles. The highest BCUT2D eigenvalue weighted by Gasteiger charge is 1.53. The molecule has 0 radical (unpaired) electrons. The number of rotatable bonds is 0. The number of terminal acetylenes is 1. The molecule has 0 aliphatic heterocycles. The van der Waals surface area contributed by atoms with Gasteiger partial charge in [0.1, 0.15) is 12.5 Å². The van der Waals surface area contributed by atoms with Crippen LogP contribution in [0.2, 0.25) is 0 Å². The molecule has 0 unspecified atom stereocenters. The van der Waals surface area contributed by atoms with E-state index in [-0.39, 0.29) is 0 Å². The second-order valence-corrected chi connectivity index (χ2v) is 0.407. The van der Waals surface area contributed by atoms with Crippen molar-refractivity contribution in [1.82, 2.24) is 0 Å². The van der Waals surface area contributed by atoms with Gasteiger partial charge in [0, 0.05) is 6.26 Å². The molecule has 0 rings (SSSR count). The van der Waals surface area contributed by atoms with E-state index in [2.05, 4.69) is 6.42 Å². The van der Waals surface area contributed by atoms with E-state index in [1.165, 1.54) is 0 Å². The van der Waals surface area contributed by atoms with Gasteiger partial charge in [-0.05, 0) is 0 Å². The Balaban J connectivity index is 3.04. The fraction of sp³-hybridized carbons (Fsp3) is 0. The molecule has 0 spiro atoms. The maximum Gasteiger partial charge on any atom is 0.211 e. The third kappa shape index (κ3) is 3.01. The summed E-state index contributed by atoms with van der Waals surface area (Å²) < 4.78 is 0. The summed E-state index contributed by atoms with van der Waals surface area (Å²) in [5, 5.41) is 9.15. The van der Waals surface area contributed by atoms with Crippen LogP contribution in [-0.4, -0.2) is 0 Å². The lowest BCUT2D eigenvalue weighted by molar-refractivity contribution is -0.275. The molecule has 0 N–H and O–H groups in total. The molecular formula is C4H2O. The fourth-order valence-electron chi connectivity index (χ4n) is 0.0340. The van der Waals surface area contributed by atoms with E-state index in [0.717, 1.165) is 0 Å². The van der Waals surface area contributed by atoms with E-state index in [1.807, 2.05) is 12.0 Å². The summed E-state index contributed by atoms with van der Waals surface area (Å²) in [5.74, 6) is 1.90. The Morgan fingerprint density at radius 3 is 2.60 bits per heavy atom. The molecule has 0 aromatic carbocycles. The zero-order chi connectivity index (χ0) is 4.12. The highest BCUT2D eigenvalue weighted by Crippen LogP contribution is 1.45. The van der Waals surface area contributed by atoms with Crippen LogP contribution in [0.1, 0.15) is 0 Å². The molecule has 0 aliphatic rings. The predicted molar refractivity (Wildman–Crippen MR) is 16.6 cm³/mol. The molecule has 0 aromatic rings. The molecule has 1 heteroatoms. The minimum Gasteiger partial charge on any atom is -0.855 e. The molecule has 0 atom stereocenters. The molecule has 0 saturated carbocycles. The van der Waals surface area contributed by atoms with Gasteiger partial charge in [0.25, 0.3) is 0 Å². The van der Waals surface area contributed by atoms with Gasteiger partial charge in [0.2, 0.25) is 5.92 Å². The normalized spacial score (nSPS) is 6.20. The van der Waals surface area contributed by atoms with E-state index in [0.29, 0.717) is 6.26 Å².